The minimum absolute atomic E-state index is 0.00594. The fourth-order valence-corrected chi connectivity index (χ4v) is 2.98. The maximum atomic E-state index is 12.5. The van der Waals surface area contributed by atoms with Gasteiger partial charge in [0.25, 0.3) is 0 Å². The number of alkyl halides is 3. The Morgan fingerprint density at radius 1 is 1.33 bits per heavy atom. The van der Waals surface area contributed by atoms with Gasteiger partial charge in [-0.1, -0.05) is 11.6 Å². The molecule has 1 aliphatic carbocycles. The lowest BCUT2D eigenvalue weighted by molar-refractivity contribution is -0.0524. The highest BCUT2D eigenvalue weighted by Gasteiger charge is 2.49. The van der Waals surface area contributed by atoms with Crippen LogP contribution in [0.2, 0.25) is 0 Å². The summed E-state index contributed by atoms with van der Waals surface area (Å²) in [5.74, 6) is -0.432. The van der Waals surface area contributed by atoms with Crippen LogP contribution < -0.4 is 0 Å². The van der Waals surface area contributed by atoms with Crippen LogP contribution in [-0.4, -0.2) is 37.4 Å². The summed E-state index contributed by atoms with van der Waals surface area (Å²) in [6.45, 7) is 2.33. The minimum Gasteiger partial charge on any atom is -0.392 e. The smallest absolute Gasteiger partial charge is 0.392 e. The quantitative estimate of drug-likeness (QED) is 0.409. The Morgan fingerprint density at radius 2 is 1.96 bits per heavy atom. The summed E-state index contributed by atoms with van der Waals surface area (Å²) < 4.78 is 64.1. The topological polar surface area (TPSA) is 83.8 Å². The summed E-state index contributed by atoms with van der Waals surface area (Å²) >= 11 is 0. The molecule has 0 spiro atoms. The van der Waals surface area contributed by atoms with E-state index in [1.807, 2.05) is 13.0 Å². The largest absolute Gasteiger partial charge is 0.534 e. The third kappa shape index (κ3) is 5.09. The van der Waals surface area contributed by atoms with Gasteiger partial charge in [0.1, 0.15) is 5.76 Å². The molecule has 0 saturated heterocycles. The summed E-state index contributed by atoms with van der Waals surface area (Å²) in [7, 11) is -5.79. The maximum absolute atomic E-state index is 12.5. The van der Waals surface area contributed by atoms with Crippen molar-refractivity contribution in [2.24, 2.45) is 0 Å². The maximum Gasteiger partial charge on any atom is 0.534 e. The predicted octanol–water partition coefficient (Wildman–Crippen LogP) is 2.93. The predicted molar refractivity (Wildman–Crippen MR) is 82.2 cm³/mol. The van der Waals surface area contributed by atoms with Crippen LogP contribution in [0.25, 0.3) is 0 Å². The van der Waals surface area contributed by atoms with Gasteiger partial charge in [-0.15, -0.1) is 0 Å². The normalized spacial score (nSPS) is 17.5. The molecule has 0 saturated carbocycles. The Labute approximate surface area is 139 Å². The van der Waals surface area contributed by atoms with E-state index in [4.69, 9.17) is 5.11 Å². The van der Waals surface area contributed by atoms with E-state index in [2.05, 4.69) is 4.18 Å². The first-order chi connectivity index (χ1) is 11.0. The van der Waals surface area contributed by atoms with Crippen LogP contribution in [0.3, 0.4) is 0 Å². The van der Waals surface area contributed by atoms with E-state index >= 15 is 0 Å². The standard InChI is InChI=1S/C15H21F3O5S/c1-10-4-3-5-12(9-20)13(10)6-7-14(11(2)8-19)23-24(21,22)15(16,17)18/h4,19-20H,3,5-9H2,1-2H3. The van der Waals surface area contributed by atoms with Crippen molar-refractivity contribution >= 4 is 10.1 Å². The molecule has 0 fully saturated rings. The molecule has 2 N–H and O–H groups in total. The van der Waals surface area contributed by atoms with Crippen LogP contribution in [0.5, 0.6) is 0 Å². The molecule has 5 nitrogen and oxygen atoms in total. The van der Waals surface area contributed by atoms with Crippen molar-refractivity contribution in [1.82, 2.24) is 0 Å². The number of aliphatic hydroxyl groups excluding tert-OH is 2. The summed E-state index contributed by atoms with van der Waals surface area (Å²) in [6.07, 6.45) is 3.43. The third-order valence-corrected chi connectivity index (χ3v) is 4.79. The fraction of sp³-hybridized carbons (Fsp3) is 0.600. The van der Waals surface area contributed by atoms with Crippen LogP contribution in [0.4, 0.5) is 13.2 Å². The second-order valence-corrected chi connectivity index (χ2v) is 7.05. The highest BCUT2D eigenvalue weighted by molar-refractivity contribution is 7.87. The zero-order valence-corrected chi connectivity index (χ0v) is 14.3. The zero-order valence-electron chi connectivity index (χ0n) is 13.5. The molecule has 24 heavy (non-hydrogen) atoms. The van der Waals surface area contributed by atoms with Crippen molar-refractivity contribution < 1.29 is 36.0 Å². The van der Waals surface area contributed by atoms with Gasteiger partial charge < -0.3 is 14.4 Å². The van der Waals surface area contributed by atoms with Gasteiger partial charge in [-0.3, -0.25) is 0 Å². The van der Waals surface area contributed by atoms with E-state index in [1.165, 1.54) is 6.92 Å². The lowest BCUT2D eigenvalue weighted by atomic mass is 9.88. The van der Waals surface area contributed by atoms with Crippen LogP contribution in [0, 0.1) is 0 Å². The molecule has 0 amide bonds. The average molecular weight is 370 g/mol. The lowest BCUT2D eigenvalue weighted by Gasteiger charge is -2.20. The Morgan fingerprint density at radius 3 is 2.46 bits per heavy atom. The first-order valence-electron chi connectivity index (χ1n) is 7.32. The third-order valence-electron chi connectivity index (χ3n) is 3.80. The highest BCUT2D eigenvalue weighted by atomic mass is 32.2. The molecule has 0 atom stereocenters. The van der Waals surface area contributed by atoms with Crippen molar-refractivity contribution in [2.45, 2.75) is 45.0 Å². The van der Waals surface area contributed by atoms with Crippen molar-refractivity contribution in [2.75, 3.05) is 13.2 Å². The van der Waals surface area contributed by atoms with Gasteiger partial charge in [0, 0.05) is 6.42 Å². The van der Waals surface area contributed by atoms with Gasteiger partial charge in [-0.05, 0) is 49.8 Å². The molecule has 0 aliphatic heterocycles. The average Bonchev–Trinajstić information content (AvgIpc) is 2.50. The van der Waals surface area contributed by atoms with Gasteiger partial charge >= 0.3 is 15.6 Å². The molecule has 0 unspecified atom stereocenters. The Bertz CT molecular complexity index is 657. The summed E-state index contributed by atoms with van der Waals surface area (Å²) in [6, 6.07) is 0. The first kappa shape index (κ1) is 20.7. The molecule has 1 aliphatic rings. The summed E-state index contributed by atoms with van der Waals surface area (Å²) in [4.78, 5) is 0. The highest BCUT2D eigenvalue weighted by Crippen LogP contribution is 2.32. The van der Waals surface area contributed by atoms with Crippen molar-refractivity contribution in [3.05, 3.63) is 34.1 Å². The number of hydrogen-bond donors (Lipinski definition) is 2. The van der Waals surface area contributed by atoms with E-state index in [-0.39, 0.29) is 25.0 Å². The molecule has 0 aromatic heterocycles. The SMILES string of the molecule is CC1=CCCC(CO)=C1CCC(OS(=O)(=O)C(F)(F)F)=C(C)CO. The first-order valence-corrected chi connectivity index (χ1v) is 8.73. The fourth-order valence-electron chi connectivity index (χ4n) is 2.40. The van der Waals surface area contributed by atoms with E-state index in [9.17, 15) is 26.7 Å². The molecular formula is C15H21F3O5S. The second kappa shape index (κ2) is 8.17. The van der Waals surface area contributed by atoms with Crippen molar-refractivity contribution in [3.8, 4) is 0 Å². The number of hydrogen-bond acceptors (Lipinski definition) is 5. The van der Waals surface area contributed by atoms with Gasteiger partial charge in [0.2, 0.25) is 0 Å². The molecule has 0 heterocycles. The van der Waals surface area contributed by atoms with Crippen LogP contribution in [0.1, 0.15) is 39.5 Å². The van der Waals surface area contributed by atoms with E-state index in [0.29, 0.717) is 6.42 Å². The van der Waals surface area contributed by atoms with Gasteiger partial charge in [-0.2, -0.15) is 21.6 Å². The number of aliphatic hydroxyl groups is 2. The number of rotatable bonds is 7. The monoisotopic (exact) mass is 370 g/mol. The molecular weight excluding hydrogens is 349 g/mol. The van der Waals surface area contributed by atoms with Gasteiger partial charge in [0.15, 0.2) is 0 Å². The van der Waals surface area contributed by atoms with Crippen molar-refractivity contribution in [3.63, 3.8) is 0 Å². The number of allylic oxidation sites excluding steroid dienone is 4. The Kier molecular flexibility index (Phi) is 7.06. The molecule has 0 bridgehead atoms. The van der Waals surface area contributed by atoms with E-state index in [0.717, 1.165) is 23.1 Å². The second-order valence-electron chi connectivity index (χ2n) is 5.51. The summed E-state index contributed by atoms with van der Waals surface area (Å²) in [5, 5.41) is 18.5. The Hall–Kier alpha value is -1.32. The molecule has 0 radical (unpaired) electrons. The van der Waals surface area contributed by atoms with Gasteiger partial charge in [-0.25, -0.2) is 0 Å². The van der Waals surface area contributed by atoms with E-state index in [1.54, 1.807) is 0 Å². The van der Waals surface area contributed by atoms with Crippen LogP contribution in [-0.2, 0) is 14.3 Å². The van der Waals surface area contributed by atoms with Gasteiger partial charge in [0.05, 0.1) is 13.2 Å². The molecule has 138 valence electrons. The van der Waals surface area contributed by atoms with Crippen LogP contribution in [0.15, 0.2) is 34.1 Å². The van der Waals surface area contributed by atoms with Crippen molar-refractivity contribution in [1.29, 1.82) is 0 Å². The van der Waals surface area contributed by atoms with Crippen LogP contribution >= 0.6 is 0 Å². The summed E-state index contributed by atoms with van der Waals surface area (Å²) in [5.41, 5.74) is -3.09. The minimum atomic E-state index is -5.79. The molecule has 9 heteroatoms. The van der Waals surface area contributed by atoms with E-state index < -0.39 is 28.0 Å². The number of halogens is 3. The molecule has 0 aromatic rings. The Balaban J connectivity index is 3.02. The molecule has 0 aromatic carbocycles. The lowest BCUT2D eigenvalue weighted by Crippen LogP contribution is -2.26. The molecule has 1 rings (SSSR count). The zero-order chi connectivity index (χ0) is 18.5.